The van der Waals surface area contributed by atoms with Crippen LogP contribution in [-0.4, -0.2) is 127 Å². The number of aliphatic carboxylic acids is 1. The van der Waals surface area contributed by atoms with Gasteiger partial charge in [-0.15, -0.1) is 0 Å². The predicted molar refractivity (Wildman–Crippen MR) is 215 cm³/mol. The second-order valence-corrected chi connectivity index (χ2v) is 13.4. The minimum Gasteiger partial charge on any atom is -0.480 e. The first-order valence-electron chi connectivity index (χ1n) is 18.4. The zero-order chi connectivity index (χ0) is 43.5. The topological polar surface area (TPSA) is 466 Å². The third-order valence-corrected chi connectivity index (χ3v) is 7.80. The Morgan fingerprint density at radius 3 is 1.30 bits per heavy atom. The molecule has 5 unspecified atom stereocenters. The van der Waals surface area contributed by atoms with Gasteiger partial charge in [0.1, 0.15) is 24.2 Å². The van der Waals surface area contributed by atoms with Crippen molar-refractivity contribution < 1.29 is 33.9 Å². The van der Waals surface area contributed by atoms with Crippen LogP contribution in [0.1, 0.15) is 71.6 Å². The second-order valence-electron chi connectivity index (χ2n) is 13.4. The van der Waals surface area contributed by atoms with Gasteiger partial charge < -0.3 is 83.3 Å². The normalized spacial score (nSPS) is 13.3. The molecule has 0 bridgehead atoms. The highest BCUT2D eigenvalue weighted by Gasteiger charge is 2.30. The van der Waals surface area contributed by atoms with E-state index < -0.39 is 72.3 Å². The van der Waals surface area contributed by atoms with Crippen molar-refractivity contribution in [2.45, 2.75) is 102 Å². The summed E-state index contributed by atoms with van der Waals surface area (Å²) in [4.78, 5) is 93.4. The van der Waals surface area contributed by atoms with E-state index in [0.717, 1.165) is 0 Å². The van der Waals surface area contributed by atoms with Gasteiger partial charge in [-0.1, -0.05) is 13.8 Å². The Bertz CT molecular complexity index is 1420. The monoisotopic (exact) mass is 813 g/mol. The summed E-state index contributed by atoms with van der Waals surface area (Å²) in [6.45, 7) is 3.64. The lowest BCUT2D eigenvalue weighted by Gasteiger charge is -2.25. The van der Waals surface area contributed by atoms with Crippen molar-refractivity contribution in [2.24, 2.45) is 77.5 Å². The lowest BCUT2D eigenvalue weighted by atomic mass is 10.0. The van der Waals surface area contributed by atoms with Crippen LogP contribution in [-0.2, 0) is 28.8 Å². The van der Waals surface area contributed by atoms with Crippen molar-refractivity contribution >= 4 is 59.3 Å². The number of nitrogens with zero attached hydrogens (tertiary/aromatic N) is 4. The maximum absolute atomic E-state index is 13.5. The van der Waals surface area contributed by atoms with Crippen LogP contribution < -0.4 is 78.2 Å². The maximum atomic E-state index is 13.5. The van der Waals surface area contributed by atoms with Crippen molar-refractivity contribution in [3.05, 3.63) is 0 Å². The number of hydrogen-bond acceptors (Lipinski definition) is 11. The SMILES string of the molecule is CC(C)CC(NC(=O)C(N)CCCN=C(N)N)C(=O)NC(CCCN=C(N)N)C(=O)NCC(=O)NC(CCCN=C(N)N)C(=O)NC(CCCN=C(N)N)C(=O)O. The smallest absolute Gasteiger partial charge is 0.326 e. The molecule has 24 N–H and O–H groups in total. The number of amides is 5. The first-order chi connectivity index (χ1) is 26.7. The summed E-state index contributed by atoms with van der Waals surface area (Å²) >= 11 is 0. The van der Waals surface area contributed by atoms with Crippen molar-refractivity contribution in [2.75, 3.05) is 32.7 Å². The maximum Gasteiger partial charge on any atom is 0.326 e. The fourth-order valence-corrected chi connectivity index (χ4v) is 5.02. The molecule has 0 aromatic rings. The summed E-state index contributed by atoms with van der Waals surface area (Å²) in [5.74, 6) is -5.68. The van der Waals surface area contributed by atoms with E-state index >= 15 is 0 Å². The Hall–Kier alpha value is -6.14. The molecular formula is C32H64N18O7. The van der Waals surface area contributed by atoms with Crippen molar-refractivity contribution in [1.82, 2.24) is 26.6 Å². The largest absolute Gasteiger partial charge is 0.480 e. The number of carboxylic acids is 1. The Balaban J connectivity index is 5.90. The lowest BCUT2D eigenvalue weighted by Crippen LogP contribution is -2.57. The third kappa shape index (κ3) is 25.5. The van der Waals surface area contributed by atoms with Crippen LogP contribution >= 0.6 is 0 Å². The fourth-order valence-electron chi connectivity index (χ4n) is 5.02. The number of nitrogens with two attached hydrogens (primary N) is 9. The van der Waals surface area contributed by atoms with Gasteiger partial charge in [0.15, 0.2) is 23.8 Å². The molecule has 57 heavy (non-hydrogen) atoms. The molecule has 0 aliphatic rings. The summed E-state index contributed by atoms with van der Waals surface area (Å²) < 4.78 is 0. The second kappa shape index (κ2) is 28.3. The summed E-state index contributed by atoms with van der Waals surface area (Å²) in [5, 5.41) is 22.3. The van der Waals surface area contributed by atoms with E-state index in [2.05, 4.69) is 46.6 Å². The van der Waals surface area contributed by atoms with Crippen molar-refractivity contribution in [3.8, 4) is 0 Å². The van der Waals surface area contributed by atoms with Gasteiger partial charge >= 0.3 is 5.97 Å². The van der Waals surface area contributed by atoms with E-state index in [9.17, 15) is 33.9 Å². The van der Waals surface area contributed by atoms with Gasteiger partial charge in [-0.05, 0) is 63.7 Å². The molecule has 0 aromatic heterocycles. The van der Waals surface area contributed by atoms with E-state index in [4.69, 9.17) is 51.6 Å². The average Bonchev–Trinajstić information content (AvgIpc) is 3.11. The van der Waals surface area contributed by atoms with Gasteiger partial charge in [-0.3, -0.25) is 43.9 Å². The molecule has 0 saturated heterocycles. The van der Waals surface area contributed by atoms with Crippen LogP contribution in [0.15, 0.2) is 20.0 Å². The number of rotatable bonds is 29. The zero-order valence-corrected chi connectivity index (χ0v) is 32.7. The van der Waals surface area contributed by atoms with Crippen molar-refractivity contribution in [1.29, 1.82) is 0 Å². The first-order valence-corrected chi connectivity index (χ1v) is 18.4. The van der Waals surface area contributed by atoms with E-state index in [0.29, 0.717) is 6.42 Å². The van der Waals surface area contributed by atoms with Gasteiger partial charge in [-0.25, -0.2) is 4.79 Å². The molecule has 5 amide bonds. The predicted octanol–water partition coefficient (Wildman–Crippen LogP) is -6.29. The molecule has 0 radical (unpaired) electrons. The van der Waals surface area contributed by atoms with Crippen LogP contribution in [0.5, 0.6) is 0 Å². The molecule has 324 valence electrons. The van der Waals surface area contributed by atoms with Crippen LogP contribution in [0.25, 0.3) is 0 Å². The molecule has 25 heteroatoms. The Morgan fingerprint density at radius 2 is 0.877 bits per heavy atom. The number of guanidine groups is 4. The van der Waals surface area contributed by atoms with E-state index in [1.54, 1.807) is 0 Å². The van der Waals surface area contributed by atoms with Crippen LogP contribution in [0.3, 0.4) is 0 Å². The minimum atomic E-state index is -1.33. The molecule has 0 spiro atoms. The molecule has 0 heterocycles. The fraction of sp³-hybridized carbons (Fsp3) is 0.688. The summed E-state index contributed by atoms with van der Waals surface area (Å²) in [7, 11) is 0. The molecule has 0 aliphatic carbocycles. The minimum absolute atomic E-state index is 0.00496. The number of hydrogen-bond donors (Lipinski definition) is 15. The molecule has 0 aromatic carbocycles. The number of carboxylic acid groups (broad SMARTS) is 1. The highest BCUT2D eigenvalue weighted by molar-refractivity contribution is 5.95. The van der Waals surface area contributed by atoms with Crippen LogP contribution in [0.2, 0.25) is 0 Å². The number of carbonyl (C=O) groups is 6. The van der Waals surface area contributed by atoms with E-state index in [-0.39, 0.29) is 107 Å². The number of carbonyl (C=O) groups excluding carboxylic acids is 5. The molecule has 5 atom stereocenters. The van der Waals surface area contributed by atoms with Gasteiger partial charge in [0.05, 0.1) is 12.6 Å². The Labute approximate surface area is 331 Å². The Kier molecular flexibility index (Phi) is 25.2. The summed E-state index contributed by atoms with van der Waals surface area (Å²) in [6.07, 6.45) is 1.52. The zero-order valence-electron chi connectivity index (χ0n) is 32.7. The summed E-state index contributed by atoms with van der Waals surface area (Å²) in [5.41, 5.74) is 48.8. The molecular weight excluding hydrogens is 748 g/mol. The summed E-state index contributed by atoms with van der Waals surface area (Å²) in [6, 6.07) is -5.84. The Morgan fingerprint density at radius 1 is 0.509 bits per heavy atom. The number of nitrogens with one attached hydrogen (secondary N) is 5. The van der Waals surface area contributed by atoms with E-state index in [1.807, 2.05) is 13.8 Å². The average molecular weight is 813 g/mol. The number of aliphatic imine (C=N–C) groups is 4. The highest BCUT2D eigenvalue weighted by Crippen LogP contribution is 2.09. The van der Waals surface area contributed by atoms with Crippen molar-refractivity contribution in [3.63, 3.8) is 0 Å². The molecule has 0 fully saturated rings. The highest BCUT2D eigenvalue weighted by atomic mass is 16.4. The van der Waals surface area contributed by atoms with Crippen LogP contribution in [0.4, 0.5) is 0 Å². The molecule has 0 aliphatic heterocycles. The molecule has 0 rings (SSSR count). The quantitative estimate of drug-likeness (QED) is 0.0190. The molecule has 25 nitrogen and oxygen atoms in total. The third-order valence-electron chi connectivity index (χ3n) is 7.80. The molecule has 0 saturated carbocycles. The lowest BCUT2D eigenvalue weighted by molar-refractivity contribution is -0.142. The van der Waals surface area contributed by atoms with Gasteiger partial charge in [0.25, 0.3) is 0 Å². The standard InChI is InChI=1S/C32H64N18O7/c1-17(2)15-22(50-24(52)18(33)7-3-11-42-29(34)35)27(55)48-19(8-4-12-43-30(36)37)25(53)46-16-23(51)47-20(9-5-13-44-31(38)39)26(54)49-21(28(56)57)10-6-14-45-32(40)41/h17-22H,3-16,33H2,1-2H3,(H,46,53)(H,47,51)(H,48,55)(H,49,54)(H,50,52)(H,56,57)(H4,34,35,42)(H4,36,37,43)(H4,38,39,44)(H4,40,41,45). The first kappa shape index (κ1) is 50.9. The van der Waals surface area contributed by atoms with Gasteiger partial charge in [-0.2, -0.15) is 0 Å². The van der Waals surface area contributed by atoms with Gasteiger partial charge in [0.2, 0.25) is 29.5 Å². The van der Waals surface area contributed by atoms with Gasteiger partial charge in [0, 0.05) is 26.2 Å². The van der Waals surface area contributed by atoms with E-state index in [1.165, 1.54) is 0 Å². The van der Waals surface area contributed by atoms with Crippen LogP contribution in [0, 0.1) is 5.92 Å².